The van der Waals surface area contributed by atoms with Gasteiger partial charge in [0, 0.05) is 6.07 Å². The Labute approximate surface area is 81.3 Å². The van der Waals surface area contributed by atoms with Crippen molar-refractivity contribution >= 4 is 17.7 Å². The van der Waals surface area contributed by atoms with Crippen molar-refractivity contribution in [2.45, 2.75) is 0 Å². The molecule has 0 aliphatic rings. The third-order valence-corrected chi connectivity index (χ3v) is 1.71. The molecule has 0 amide bonds. The lowest BCUT2D eigenvalue weighted by molar-refractivity contribution is 0.108. The van der Waals surface area contributed by atoms with E-state index in [4.69, 9.17) is 9.47 Å². The van der Waals surface area contributed by atoms with Crippen molar-refractivity contribution < 1.29 is 14.3 Å². The van der Waals surface area contributed by atoms with Crippen molar-refractivity contribution in [3.63, 3.8) is 0 Å². The highest BCUT2D eigenvalue weighted by atomic mass is 32.1. The van der Waals surface area contributed by atoms with E-state index in [0.717, 1.165) is 0 Å². The molecule has 0 unspecified atom stereocenters. The molecule has 1 heterocycles. The van der Waals surface area contributed by atoms with E-state index in [1.807, 2.05) is 0 Å². The molecule has 1 aromatic rings. The number of ether oxygens (including phenoxy) is 2. The lowest BCUT2D eigenvalue weighted by Gasteiger charge is -2.05. The monoisotopic (exact) mass is 199 g/mol. The Balaban J connectivity index is 3.15. The van der Waals surface area contributed by atoms with Crippen LogP contribution in [0.15, 0.2) is 12.1 Å². The van der Waals surface area contributed by atoms with Gasteiger partial charge in [-0.3, -0.25) is 4.79 Å². The molecule has 1 aromatic heterocycles. The molecule has 4 nitrogen and oxygen atoms in total. The Kier molecular flexibility index (Phi) is 3.13. The zero-order valence-electron chi connectivity index (χ0n) is 7.27. The molecule has 1 rings (SSSR count). The lowest BCUT2D eigenvalue weighted by atomic mass is 10.3. The molecule has 0 saturated heterocycles. The number of carbonyl (C=O) groups is 1. The molecule has 5 heteroatoms. The van der Waals surface area contributed by atoms with Crippen molar-refractivity contribution in [3.8, 4) is 11.8 Å². The lowest BCUT2D eigenvalue weighted by Crippen LogP contribution is -1.99. The fourth-order valence-electron chi connectivity index (χ4n) is 0.856. The number of nitrogens with zero attached hydrogens (tertiary/aromatic N) is 1. The summed E-state index contributed by atoms with van der Waals surface area (Å²) in [6, 6.07) is 3.13. The summed E-state index contributed by atoms with van der Waals surface area (Å²) in [5.41, 5.74) is 0.326. The van der Waals surface area contributed by atoms with Crippen LogP contribution < -0.4 is 9.47 Å². The second-order valence-corrected chi connectivity index (χ2v) is 2.62. The molecule has 0 saturated carbocycles. The van der Waals surface area contributed by atoms with Crippen LogP contribution >= 0.6 is 12.6 Å². The van der Waals surface area contributed by atoms with Gasteiger partial charge >= 0.3 is 0 Å². The fraction of sp³-hybridized carbons (Fsp3) is 0.250. The van der Waals surface area contributed by atoms with Crippen LogP contribution in [0.3, 0.4) is 0 Å². The summed E-state index contributed by atoms with van der Waals surface area (Å²) < 4.78 is 9.75. The Morgan fingerprint density at radius 1 is 1.38 bits per heavy atom. The van der Waals surface area contributed by atoms with Crippen LogP contribution in [0.1, 0.15) is 10.4 Å². The number of hydrogen-bond donors (Lipinski definition) is 1. The van der Waals surface area contributed by atoms with Gasteiger partial charge in [0.1, 0.15) is 0 Å². The maximum atomic E-state index is 10.9. The van der Waals surface area contributed by atoms with Crippen LogP contribution in [0.5, 0.6) is 11.8 Å². The quantitative estimate of drug-likeness (QED) is 0.742. The SMILES string of the molecule is COc1ccc(C(=O)S)c(OC)n1. The number of rotatable bonds is 3. The Morgan fingerprint density at radius 2 is 2.08 bits per heavy atom. The van der Waals surface area contributed by atoms with Gasteiger partial charge in [0.15, 0.2) is 0 Å². The summed E-state index contributed by atoms with van der Waals surface area (Å²) in [4.78, 5) is 14.8. The standard InChI is InChI=1S/C8H9NO3S/c1-11-6-4-3-5(8(10)13)7(9-6)12-2/h3-4H,1-2H3,(H,10,13). The van der Waals surface area contributed by atoms with Crippen molar-refractivity contribution in [3.05, 3.63) is 17.7 Å². The fourth-order valence-corrected chi connectivity index (χ4v) is 1.03. The predicted octanol–water partition coefficient (Wildman–Crippen LogP) is 1.17. The van der Waals surface area contributed by atoms with E-state index in [9.17, 15) is 4.79 Å². The number of carbonyl (C=O) groups excluding carboxylic acids is 1. The molecule has 0 fully saturated rings. The minimum absolute atomic E-state index is 0.222. The average molecular weight is 199 g/mol. The molecule has 0 aliphatic heterocycles. The van der Waals surface area contributed by atoms with Crippen molar-refractivity contribution in [1.82, 2.24) is 4.98 Å². The largest absolute Gasteiger partial charge is 0.481 e. The van der Waals surface area contributed by atoms with Crippen molar-refractivity contribution in [1.29, 1.82) is 0 Å². The summed E-state index contributed by atoms with van der Waals surface area (Å²) in [6.07, 6.45) is 0. The molecule has 0 bridgehead atoms. The van der Waals surface area contributed by atoms with Gasteiger partial charge in [0.25, 0.3) is 0 Å². The smallest absolute Gasteiger partial charge is 0.228 e. The van der Waals surface area contributed by atoms with Gasteiger partial charge in [0.05, 0.1) is 19.8 Å². The Bertz CT molecular complexity index is 327. The molecule has 0 spiro atoms. The van der Waals surface area contributed by atoms with Crippen molar-refractivity contribution in [2.75, 3.05) is 14.2 Å². The topological polar surface area (TPSA) is 48.4 Å². The van der Waals surface area contributed by atoms with E-state index in [1.165, 1.54) is 14.2 Å². The number of pyridine rings is 1. The van der Waals surface area contributed by atoms with Crippen LogP contribution in [-0.2, 0) is 0 Å². The first-order valence-electron chi connectivity index (χ1n) is 3.51. The van der Waals surface area contributed by atoms with Crippen LogP contribution in [0.2, 0.25) is 0 Å². The van der Waals surface area contributed by atoms with Gasteiger partial charge < -0.3 is 9.47 Å². The van der Waals surface area contributed by atoms with Crippen LogP contribution in [0.25, 0.3) is 0 Å². The van der Waals surface area contributed by atoms with Gasteiger partial charge in [-0.05, 0) is 6.07 Å². The van der Waals surface area contributed by atoms with Gasteiger partial charge in [-0.15, -0.1) is 12.6 Å². The number of hydrogen-bond acceptors (Lipinski definition) is 4. The molecular weight excluding hydrogens is 190 g/mol. The molecule has 0 aliphatic carbocycles. The Morgan fingerprint density at radius 3 is 2.54 bits per heavy atom. The van der Waals surface area contributed by atoms with Gasteiger partial charge in [-0.1, -0.05) is 0 Å². The zero-order chi connectivity index (χ0) is 9.84. The predicted molar refractivity (Wildman–Crippen MR) is 50.7 cm³/mol. The van der Waals surface area contributed by atoms with Crippen LogP contribution in [0, 0.1) is 0 Å². The molecule has 0 radical (unpaired) electrons. The number of thiol groups is 1. The average Bonchev–Trinajstić information content (AvgIpc) is 2.16. The van der Waals surface area contributed by atoms with Gasteiger partial charge in [-0.25, -0.2) is 0 Å². The van der Waals surface area contributed by atoms with Gasteiger partial charge in [0.2, 0.25) is 16.9 Å². The third kappa shape index (κ3) is 2.12. The first-order valence-corrected chi connectivity index (χ1v) is 3.96. The van der Waals surface area contributed by atoms with E-state index in [1.54, 1.807) is 12.1 Å². The second-order valence-electron chi connectivity index (χ2n) is 2.22. The maximum Gasteiger partial charge on any atom is 0.228 e. The maximum absolute atomic E-state index is 10.9. The highest BCUT2D eigenvalue weighted by Crippen LogP contribution is 2.20. The number of methoxy groups -OCH3 is 2. The highest BCUT2D eigenvalue weighted by Gasteiger charge is 2.10. The molecule has 13 heavy (non-hydrogen) atoms. The summed E-state index contributed by atoms with van der Waals surface area (Å²) in [5, 5.41) is -0.382. The van der Waals surface area contributed by atoms with Crippen LogP contribution in [-0.4, -0.2) is 24.3 Å². The summed E-state index contributed by atoms with van der Waals surface area (Å²) in [5.74, 6) is 0.620. The molecule has 0 atom stereocenters. The molecule has 70 valence electrons. The zero-order valence-corrected chi connectivity index (χ0v) is 8.17. The highest BCUT2D eigenvalue weighted by molar-refractivity contribution is 7.97. The van der Waals surface area contributed by atoms with E-state index in [0.29, 0.717) is 11.4 Å². The van der Waals surface area contributed by atoms with E-state index in [-0.39, 0.29) is 11.0 Å². The number of aromatic nitrogens is 1. The minimum atomic E-state index is -0.382. The summed E-state index contributed by atoms with van der Waals surface area (Å²) in [7, 11) is 2.92. The van der Waals surface area contributed by atoms with Gasteiger partial charge in [-0.2, -0.15) is 4.98 Å². The van der Waals surface area contributed by atoms with E-state index in [2.05, 4.69) is 17.6 Å². The first-order chi connectivity index (χ1) is 6.19. The van der Waals surface area contributed by atoms with Crippen LogP contribution in [0.4, 0.5) is 0 Å². The summed E-state index contributed by atoms with van der Waals surface area (Å²) >= 11 is 3.68. The second kappa shape index (κ2) is 4.13. The normalized spacial score (nSPS) is 9.46. The summed E-state index contributed by atoms with van der Waals surface area (Å²) in [6.45, 7) is 0. The third-order valence-electron chi connectivity index (χ3n) is 1.47. The van der Waals surface area contributed by atoms with E-state index >= 15 is 0 Å². The van der Waals surface area contributed by atoms with E-state index < -0.39 is 0 Å². The van der Waals surface area contributed by atoms with Crippen molar-refractivity contribution in [2.24, 2.45) is 0 Å². The Hall–Kier alpha value is -1.23. The molecule has 0 N–H and O–H groups in total. The molecular formula is C8H9NO3S. The minimum Gasteiger partial charge on any atom is -0.481 e. The molecule has 0 aromatic carbocycles. The first kappa shape index (κ1) is 9.85.